The maximum Gasteiger partial charge on any atom is 0.0913 e. The number of aryl methyl sites for hydroxylation is 1. The summed E-state index contributed by atoms with van der Waals surface area (Å²) in [5, 5.41) is 10.2. The van der Waals surface area contributed by atoms with Gasteiger partial charge >= 0.3 is 0 Å². The lowest BCUT2D eigenvalue weighted by atomic mass is 9.91. The lowest BCUT2D eigenvalue weighted by Gasteiger charge is -2.29. The van der Waals surface area contributed by atoms with E-state index in [-0.39, 0.29) is 11.7 Å². The first kappa shape index (κ1) is 12.6. The summed E-state index contributed by atoms with van der Waals surface area (Å²) in [6.07, 6.45) is 4.61. The van der Waals surface area contributed by atoms with E-state index in [0.29, 0.717) is 0 Å². The predicted molar refractivity (Wildman–Crippen MR) is 69.0 cm³/mol. The molecule has 1 aliphatic rings. The van der Waals surface area contributed by atoms with Gasteiger partial charge in [0, 0.05) is 6.61 Å². The van der Waals surface area contributed by atoms with Crippen molar-refractivity contribution in [1.82, 2.24) is 0 Å². The lowest BCUT2D eigenvalue weighted by Crippen LogP contribution is -2.38. The van der Waals surface area contributed by atoms with Crippen molar-refractivity contribution in [1.29, 1.82) is 0 Å². The van der Waals surface area contributed by atoms with Crippen molar-refractivity contribution in [3.8, 4) is 0 Å². The minimum Gasteiger partial charge on any atom is -0.390 e. The SMILES string of the molecule is CC1(C(O)CCCc2ccccc2)CCCO1. The number of aliphatic hydroxyl groups excluding tert-OH is 1. The quantitative estimate of drug-likeness (QED) is 0.848. The van der Waals surface area contributed by atoms with Gasteiger partial charge in [0.05, 0.1) is 11.7 Å². The van der Waals surface area contributed by atoms with Crippen molar-refractivity contribution in [3.05, 3.63) is 35.9 Å². The maximum absolute atomic E-state index is 10.2. The van der Waals surface area contributed by atoms with E-state index in [9.17, 15) is 5.11 Å². The van der Waals surface area contributed by atoms with Crippen molar-refractivity contribution in [2.45, 2.75) is 50.7 Å². The molecule has 94 valence electrons. The summed E-state index contributed by atoms with van der Waals surface area (Å²) >= 11 is 0. The second kappa shape index (κ2) is 5.65. The van der Waals surface area contributed by atoms with E-state index in [1.165, 1.54) is 5.56 Å². The smallest absolute Gasteiger partial charge is 0.0913 e. The zero-order chi connectivity index (χ0) is 12.1. The molecule has 0 amide bonds. The van der Waals surface area contributed by atoms with Gasteiger partial charge in [-0.25, -0.2) is 0 Å². The molecule has 1 heterocycles. The topological polar surface area (TPSA) is 29.5 Å². The van der Waals surface area contributed by atoms with Crippen molar-refractivity contribution < 1.29 is 9.84 Å². The molecule has 2 atom stereocenters. The van der Waals surface area contributed by atoms with E-state index in [0.717, 1.165) is 38.7 Å². The Balaban J connectivity index is 1.75. The summed E-state index contributed by atoms with van der Waals surface area (Å²) in [5.74, 6) is 0. The number of hydrogen-bond acceptors (Lipinski definition) is 2. The van der Waals surface area contributed by atoms with Crippen LogP contribution in [0, 0.1) is 0 Å². The van der Waals surface area contributed by atoms with Gasteiger partial charge in [0.25, 0.3) is 0 Å². The molecule has 2 nitrogen and oxygen atoms in total. The first-order valence-electron chi connectivity index (χ1n) is 6.57. The van der Waals surface area contributed by atoms with Gasteiger partial charge in [-0.15, -0.1) is 0 Å². The highest BCUT2D eigenvalue weighted by atomic mass is 16.5. The minimum atomic E-state index is -0.325. The van der Waals surface area contributed by atoms with E-state index in [1.54, 1.807) is 0 Å². The molecule has 1 aromatic rings. The third-order valence-electron chi connectivity index (χ3n) is 3.74. The highest BCUT2D eigenvalue weighted by Crippen LogP contribution is 2.30. The molecule has 0 bridgehead atoms. The third-order valence-corrected chi connectivity index (χ3v) is 3.74. The number of rotatable bonds is 5. The first-order valence-corrected chi connectivity index (χ1v) is 6.57. The summed E-state index contributed by atoms with van der Waals surface area (Å²) in [5.41, 5.74) is 1.05. The van der Waals surface area contributed by atoms with Crippen LogP contribution in [-0.4, -0.2) is 23.4 Å². The van der Waals surface area contributed by atoms with Crippen LogP contribution >= 0.6 is 0 Å². The highest BCUT2D eigenvalue weighted by Gasteiger charge is 2.36. The average molecular weight is 234 g/mol. The van der Waals surface area contributed by atoms with Crippen LogP contribution in [0.25, 0.3) is 0 Å². The van der Waals surface area contributed by atoms with E-state index in [4.69, 9.17) is 4.74 Å². The number of aliphatic hydroxyl groups is 1. The summed E-state index contributed by atoms with van der Waals surface area (Å²) in [6.45, 7) is 2.83. The Morgan fingerprint density at radius 3 is 2.76 bits per heavy atom. The first-order chi connectivity index (χ1) is 8.21. The Labute approximate surface area is 104 Å². The second-order valence-corrected chi connectivity index (χ2v) is 5.16. The number of ether oxygens (including phenoxy) is 1. The van der Waals surface area contributed by atoms with E-state index in [2.05, 4.69) is 24.3 Å². The van der Waals surface area contributed by atoms with E-state index >= 15 is 0 Å². The van der Waals surface area contributed by atoms with E-state index in [1.807, 2.05) is 13.0 Å². The van der Waals surface area contributed by atoms with Gasteiger partial charge in [-0.05, 0) is 44.6 Å². The molecular weight excluding hydrogens is 212 g/mol. The Bertz CT molecular complexity index is 328. The van der Waals surface area contributed by atoms with Crippen LogP contribution < -0.4 is 0 Å². The van der Waals surface area contributed by atoms with Crippen LogP contribution in [0.5, 0.6) is 0 Å². The summed E-state index contributed by atoms with van der Waals surface area (Å²) in [4.78, 5) is 0. The van der Waals surface area contributed by atoms with Gasteiger partial charge in [0.1, 0.15) is 0 Å². The van der Waals surface area contributed by atoms with Gasteiger partial charge in [-0.2, -0.15) is 0 Å². The zero-order valence-electron chi connectivity index (χ0n) is 10.6. The minimum absolute atomic E-state index is 0.295. The molecule has 0 aliphatic carbocycles. The molecule has 1 aromatic carbocycles. The molecule has 0 spiro atoms. The molecule has 1 fully saturated rings. The lowest BCUT2D eigenvalue weighted by molar-refractivity contribution is -0.0808. The van der Waals surface area contributed by atoms with Crippen LogP contribution in [0.4, 0.5) is 0 Å². The molecule has 1 saturated heterocycles. The molecule has 1 N–H and O–H groups in total. The van der Waals surface area contributed by atoms with Crippen molar-refractivity contribution >= 4 is 0 Å². The Hall–Kier alpha value is -0.860. The van der Waals surface area contributed by atoms with Crippen molar-refractivity contribution in [2.75, 3.05) is 6.61 Å². The Kier molecular flexibility index (Phi) is 4.19. The van der Waals surface area contributed by atoms with Crippen LogP contribution in [0.3, 0.4) is 0 Å². The van der Waals surface area contributed by atoms with Gasteiger partial charge in [-0.3, -0.25) is 0 Å². The molecule has 17 heavy (non-hydrogen) atoms. The number of benzene rings is 1. The molecular formula is C15H22O2. The molecule has 2 rings (SSSR count). The number of hydrogen-bond donors (Lipinski definition) is 1. The Morgan fingerprint density at radius 2 is 2.12 bits per heavy atom. The third kappa shape index (κ3) is 3.30. The fourth-order valence-corrected chi connectivity index (χ4v) is 2.51. The van der Waals surface area contributed by atoms with Gasteiger partial charge in [-0.1, -0.05) is 30.3 Å². The highest BCUT2D eigenvalue weighted by molar-refractivity contribution is 5.14. The second-order valence-electron chi connectivity index (χ2n) is 5.16. The maximum atomic E-state index is 10.2. The molecule has 2 unspecified atom stereocenters. The van der Waals surface area contributed by atoms with Crippen LogP contribution in [0.2, 0.25) is 0 Å². The van der Waals surface area contributed by atoms with Crippen molar-refractivity contribution in [2.24, 2.45) is 0 Å². The fraction of sp³-hybridized carbons (Fsp3) is 0.600. The van der Waals surface area contributed by atoms with Gasteiger partial charge in [0.2, 0.25) is 0 Å². The van der Waals surface area contributed by atoms with E-state index < -0.39 is 0 Å². The Morgan fingerprint density at radius 1 is 1.35 bits per heavy atom. The summed E-state index contributed by atoms with van der Waals surface area (Å²) < 4.78 is 5.65. The van der Waals surface area contributed by atoms with Gasteiger partial charge < -0.3 is 9.84 Å². The molecule has 0 aromatic heterocycles. The largest absolute Gasteiger partial charge is 0.390 e. The molecule has 0 radical (unpaired) electrons. The average Bonchev–Trinajstić information content (AvgIpc) is 2.79. The van der Waals surface area contributed by atoms with Crippen LogP contribution in [0.15, 0.2) is 30.3 Å². The normalized spacial score (nSPS) is 26.0. The monoisotopic (exact) mass is 234 g/mol. The summed E-state index contributed by atoms with van der Waals surface area (Å²) in [6, 6.07) is 10.4. The standard InChI is InChI=1S/C15H22O2/c1-15(11-6-12-17-15)14(16)10-5-9-13-7-3-2-4-8-13/h2-4,7-8,14,16H,5-6,9-12H2,1H3. The zero-order valence-corrected chi connectivity index (χ0v) is 10.6. The van der Waals surface area contributed by atoms with Gasteiger partial charge in [0.15, 0.2) is 0 Å². The molecule has 1 aliphatic heterocycles. The molecule has 2 heteroatoms. The van der Waals surface area contributed by atoms with Crippen LogP contribution in [-0.2, 0) is 11.2 Å². The van der Waals surface area contributed by atoms with Crippen LogP contribution in [0.1, 0.15) is 38.2 Å². The predicted octanol–water partition coefficient (Wildman–Crippen LogP) is 2.94. The molecule has 0 saturated carbocycles. The van der Waals surface area contributed by atoms with Crippen molar-refractivity contribution in [3.63, 3.8) is 0 Å². The fourth-order valence-electron chi connectivity index (χ4n) is 2.51. The summed E-state index contributed by atoms with van der Waals surface area (Å²) in [7, 11) is 0.